The Balaban J connectivity index is 1.44. The summed E-state index contributed by atoms with van der Waals surface area (Å²) < 4.78 is 38.1. The highest BCUT2D eigenvalue weighted by Crippen LogP contribution is 2.42. The third-order valence-corrected chi connectivity index (χ3v) is 6.99. The molecule has 0 unspecified atom stereocenters. The smallest absolute Gasteiger partial charge is 0.265 e. The van der Waals surface area contributed by atoms with Crippen LogP contribution in [0.3, 0.4) is 0 Å². The molecule has 0 fully saturated rings. The first kappa shape index (κ1) is 18.1. The molecule has 0 aromatic heterocycles. The maximum Gasteiger partial charge on any atom is 0.265 e. The van der Waals surface area contributed by atoms with Crippen molar-refractivity contribution in [3.63, 3.8) is 0 Å². The molecule has 0 radical (unpaired) electrons. The number of nitrogens with zero attached hydrogens (tertiary/aromatic N) is 1. The van der Waals surface area contributed by atoms with E-state index in [0.717, 1.165) is 9.69 Å². The fourth-order valence-corrected chi connectivity index (χ4v) is 5.48. The van der Waals surface area contributed by atoms with Gasteiger partial charge in [0.2, 0.25) is 5.91 Å². The van der Waals surface area contributed by atoms with Crippen LogP contribution in [0.15, 0.2) is 53.4 Å². The summed E-state index contributed by atoms with van der Waals surface area (Å²) in [5, 5.41) is 4.38. The number of carbonyl (C=O) groups excluding carboxylic acids is 1. The summed E-state index contributed by atoms with van der Waals surface area (Å²) in [6.45, 7) is 0.450. The van der Waals surface area contributed by atoms with E-state index < -0.39 is 15.9 Å². The molecule has 2 aliphatic rings. The molecule has 7 nitrogen and oxygen atoms in total. The Bertz CT molecular complexity index is 1270. The zero-order valence-electron chi connectivity index (χ0n) is 15.0. The van der Waals surface area contributed by atoms with Gasteiger partial charge >= 0.3 is 0 Å². The summed E-state index contributed by atoms with van der Waals surface area (Å²) in [5.41, 5.74) is 0.815. The van der Waals surface area contributed by atoms with E-state index in [0.29, 0.717) is 41.5 Å². The monoisotopic (exact) mass is 430 g/mol. The summed E-state index contributed by atoms with van der Waals surface area (Å²) in [4.78, 5) is 12.9. The van der Waals surface area contributed by atoms with Gasteiger partial charge in [0.05, 0.1) is 21.3 Å². The number of halogens is 1. The van der Waals surface area contributed by atoms with Crippen LogP contribution in [0.1, 0.15) is 0 Å². The highest BCUT2D eigenvalue weighted by Gasteiger charge is 2.36. The molecular formula is C20H15ClN2O5S. The van der Waals surface area contributed by atoms with Crippen molar-refractivity contribution in [2.24, 2.45) is 0 Å². The third-order valence-electron chi connectivity index (χ3n) is 4.87. The molecule has 2 heterocycles. The second-order valence-electron chi connectivity index (χ2n) is 6.67. The van der Waals surface area contributed by atoms with E-state index in [9.17, 15) is 13.2 Å². The molecule has 148 valence electrons. The highest BCUT2D eigenvalue weighted by atomic mass is 35.5. The maximum absolute atomic E-state index is 13.0. The Morgan fingerprint density at radius 1 is 1.07 bits per heavy atom. The largest absolute Gasteiger partial charge is 0.486 e. The summed E-state index contributed by atoms with van der Waals surface area (Å²) in [6, 6.07) is 13.5. The van der Waals surface area contributed by atoms with Gasteiger partial charge in [-0.1, -0.05) is 35.9 Å². The number of anilines is 2. The molecule has 2 aliphatic heterocycles. The molecule has 29 heavy (non-hydrogen) atoms. The number of benzene rings is 3. The molecular weight excluding hydrogens is 416 g/mol. The van der Waals surface area contributed by atoms with Gasteiger partial charge in [0.25, 0.3) is 10.0 Å². The molecule has 1 N–H and O–H groups in total. The average Bonchev–Trinajstić information content (AvgIpc) is 2.92. The first-order valence-electron chi connectivity index (χ1n) is 8.88. The molecule has 3 aromatic rings. The number of ether oxygens (including phenoxy) is 2. The number of hydrogen-bond donors (Lipinski definition) is 1. The number of carbonyl (C=O) groups is 1. The van der Waals surface area contributed by atoms with Gasteiger partial charge in [-0.15, -0.1) is 0 Å². The lowest BCUT2D eigenvalue weighted by Crippen LogP contribution is -2.35. The normalized spacial score (nSPS) is 16.1. The fourth-order valence-electron chi connectivity index (χ4n) is 3.61. The Hall–Kier alpha value is -2.97. The molecule has 0 saturated heterocycles. The van der Waals surface area contributed by atoms with Crippen LogP contribution < -0.4 is 19.1 Å². The highest BCUT2D eigenvalue weighted by molar-refractivity contribution is 7.93. The molecule has 0 atom stereocenters. The molecule has 0 spiro atoms. The van der Waals surface area contributed by atoms with Crippen molar-refractivity contribution in [2.75, 3.05) is 29.4 Å². The van der Waals surface area contributed by atoms with E-state index in [2.05, 4.69) is 5.32 Å². The number of hydrogen-bond acceptors (Lipinski definition) is 5. The van der Waals surface area contributed by atoms with Gasteiger partial charge in [0.1, 0.15) is 19.8 Å². The quantitative estimate of drug-likeness (QED) is 0.688. The van der Waals surface area contributed by atoms with Crippen molar-refractivity contribution in [3.05, 3.63) is 53.6 Å². The Morgan fingerprint density at radius 3 is 2.52 bits per heavy atom. The van der Waals surface area contributed by atoms with Crippen molar-refractivity contribution in [1.82, 2.24) is 0 Å². The summed E-state index contributed by atoms with van der Waals surface area (Å²) >= 11 is 6.23. The van der Waals surface area contributed by atoms with Crippen LogP contribution >= 0.6 is 11.6 Å². The van der Waals surface area contributed by atoms with E-state index in [4.69, 9.17) is 21.1 Å². The van der Waals surface area contributed by atoms with Crippen LogP contribution in [0.5, 0.6) is 11.5 Å². The number of rotatable bonds is 3. The van der Waals surface area contributed by atoms with Crippen molar-refractivity contribution in [3.8, 4) is 11.5 Å². The Labute approximate surface area is 171 Å². The van der Waals surface area contributed by atoms with Crippen LogP contribution in [0, 0.1) is 0 Å². The van der Waals surface area contributed by atoms with Crippen LogP contribution in [-0.4, -0.2) is 34.1 Å². The van der Waals surface area contributed by atoms with Gasteiger partial charge in [-0.05, 0) is 17.5 Å². The maximum atomic E-state index is 13.0. The van der Waals surface area contributed by atoms with E-state index in [1.165, 1.54) is 0 Å². The van der Waals surface area contributed by atoms with Crippen LogP contribution in [0.4, 0.5) is 11.4 Å². The van der Waals surface area contributed by atoms with E-state index in [1.54, 1.807) is 36.4 Å². The van der Waals surface area contributed by atoms with Crippen molar-refractivity contribution >= 4 is 49.7 Å². The molecule has 0 aliphatic carbocycles. The first-order chi connectivity index (χ1) is 13.9. The van der Waals surface area contributed by atoms with Gasteiger partial charge in [0.15, 0.2) is 11.5 Å². The van der Waals surface area contributed by atoms with E-state index in [-0.39, 0.29) is 16.5 Å². The fraction of sp³-hybridized carbons (Fsp3) is 0.150. The first-order valence-corrected chi connectivity index (χ1v) is 10.7. The lowest BCUT2D eigenvalue weighted by molar-refractivity contribution is -0.114. The van der Waals surface area contributed by atoms with Gasteiger partial charge in [-0.25, -0.2) is 8.42 Å². The molecule has 0 bridgehead atoms. The third kappa shape index (κ3) is 2.87. The van der Waals surface area contributed by atoms with Crippen molar-refractivity contribution in [1.29, 1.82) is 0 Å². The number of sulfonamides is 1. The molecule has 9 heteroatoms. The minimum absolute atomic E-state index is 0.204. The number of amides is 1. The lowest BCUT2D eigenvalue weighted by Gasteiger charge is -2.21. The Kier molecular flexibility index (Phi) is 4.07. The molecule has 3 aromatic carbocycles. The second kappa shape index (κ2) is 6.53. The van der Waals surface area contributed by atoms with Crippen molar-refractivity contribution in [2.45, 2.75) is 4.90 Å². The summed E-state index contributed by atoms with van der Waals surface area (Å²) in [7, 11) is -3.82. The molecule has 0 saturated carbocycles. The van der Waals surface area contributed by atoms with E-state index in [1.807, 2.05) is 12.1 Å². The van der Waals surface area contributed by atoms with Gasteiger partial charge < -0.3 is 14.8 Å². The van der Waals surface area contributed by atoms with Gasteiger partial charge in [0, 0.05) is 17.5 Å². The van der Waals surface area contributed by atoms with Gasteiger partial charge in [-0.3, -0.25) is 9.10 Å². The zero-order chi connectivity index (χ0) is 20.2. The number of nitrogens with one attached hydrogen (secondary N) is 1. The SMILES string of the molecule is O=C(CN1c2cccc3cccc(c23)S1(=O)=O)Nc1cc2c(cc1Cl)OCCO2. The van der Waals surface area contributed by atoms with Crippen LogP contribution in [-0.2, 0) is 14.8 Å². The number of fused-ring (bicyclic) bond motifs is 1. The standard InChI is InChI=1S/C20H15ClN2O5S/c21-13-9-16-17(28-8-7-27-16)10-14(13)22-19(24)11-23-15-5-1-3-12-4-2-6-18(20(12)15)29(23,25)26/h1-6,9-10H,7-8,11H2,(H,22,24). The summed E-state index contributed by atoms with van der Waals surface area (Å²) in [6.07, 6.45) is 0. The second-order valence-corrected chi connectivity index (χ2v) is 8.90. The minimum Gasteiger partial charge on any atom is -0.486 e. The van der Waals surface area contributed by atoms with Crippen LogP contribution in [0.25, 0.3) is 10.8 Å². The predicted octanol–water partition coefficient (Wildman–Crippen LogP) is 3.41. The summed E-state index contributed by atoms with van der Waals surface area (Å²) in [5.74, 6) is 0.461. The topological polar surface area (TPSA) is 84.9 Å². The predicted molar refractivity (Wildman–Crippen MR) is 110 cm³/mol. The Morgan fingerprint density at radius 2 is 1.76 bits per heavy atom. The molecule has 5 rings (SSSR count). The zero-order valence-corrected chi connectivity index (χ0v) is 16.6. The van der Waals surface area contributed by atoms with Crippen molar-refractivity contribution < 1.29 is 22.7 Å². The lowest BCUT2D eigenvalue weighted by atomic mass is 10.1. The minimum atomic E-state index is -3.82. The van der Waals surface area contributed by atoms with Gasteiger partial charge in [-0.2, -0.15) is 0 Å². The molecule has 1 amide bonds. The van der Waals surface area contributed by atoms with Crippen LogP contribution in [0.2, 0.25) is 5.02 Å². The van der Waals surface area contributed by atoms with E-state index >= 15 is 0 Å². The average molecular weight is 431 g/mol.